The summed E-state index contributed by atoms with van der Waals surface area (Å²) in [7, 11) is 0. The first-order valence-corrected chi connectivity index (χ1v) is 6.78. The third kappa shape index (κ3) is 3.31. The second-order valence-corrected chi connectivity index (χ2v) is 5.02. The molecule has 0 spiro atoms. The molecule has 0 amide bonds. The predicted octanol–water partition coefficient (Wildman–Crippen LogP) is 2.43. The van der Waals surface area contributed by atoms with E-state index in [1.807, 2.05) is 6.07 Å². The predicted molar refractivity (Wildman–Crippen MR) is 70.9 cm³/mol. The molecular weight excluding hydrogens is 243 g/mol. The maximum Gasteiger partial charge on any atom is 0.145 e. The fourth-order valence-corrected chi connectivity index (χ4v) is 2.80. The van der Waals surface area contributed by atoms with Gasteiger partial charge in [0.25, 0.3) is 0 Å². The van der Waals surface area contributed by atoms with Crippen LogP contribution in [0.3, 0.4) is 0 Å². The van der Waals surface area contributed by atoms with Crippen LogP contribution in [0.5, 0.6) is 0 Å². The highest BCUT2D eigenvalue weighted by Crippen LogP contribution is 2.25. The van der Waals surface area contributed by atoms with Gasteiger partial charge in [-0.25, -0.2) is 4.39 Å². The summed E-state index contributed by atoms with van der Waals surface area (Å²) in [5.74, 6) is -0.425. The van der Waals surface area contributed by atoms with Gasteiger partial charge in [0.15, 0.2) is 0 Å². The molecule has 102 valence electrons. The van der Waals surface area contributed by atoms with Gasteiger partial charge in [0, 0.05) is 24.7 Å². The smallest absolute Gasteiger partial charge is 0.145 e. The van der Waals surface area contributed by atoms with Crippen molar-refractivity contribution >= 4 is 0 Å². The lowest BCUT2D eigenvalue weighted by Crippen LogP contribution is -2.35. The van der Waals surface area contributed by atoms with Crippen LogP contribution in [0, 0.1) is 17.1 Å². The Labute approximate surface area is 113 Å². The van der Waals surface area contributed by atoms with Crippen LogP contribution in [0.1, 0.15) is 36.8 Å². The number of aliphatic hydroxyl groups excluding tert-OH is 1. The normalized spacial score (nSPS) is 15.9. The van der Waals surface area contributed by atoms with Crippen molar-refractivity contribution in [1.29, 1.82) is 5.26 Å². The van der Waals surface area contributed by atoms with E-state index in [2.05, 4.69) is 4.90 Å². The zero-order chi connectivity index (χ0) is 13.7. The number of hydrogen-bond donors (Lipinski definition) is 1. The molecule has 0 unspecified atom stereocenters. The first-order chi connectivity index (χ1) is 9.26. The molecule has 1 aromatic carbocycles. The molecule has 1 saturated carbocycles. The lowest BCUT2D eigenvalue weighted by atomic mass is 10.1. The highest BCUT2D eigenvalue weighted by Gasteiger charge is 2.23. The maximum atomic E-state index is 14.0. The monoisotopic (exact) mass is 262 g/mol. The van der Waals surface area contributed by atoms with Crippen LogP contribution in [-0.4, -0.2) is 29.2 Å². The van der Waals surface area contributed by atoms with Crippen molar-refractivity contribution in [3.05, 3.63) is 35.1 Å². The summed E-state index contributed by atoms with van der Waals surface area (Å²) >= 11 is 0. The molecule has 4 heteroatoms. The molecule has 1 aliphatic carbocycles. The van der Waals surface area contributed by atoms with Crippen molar-refractivity contribution in [2.24, 2.45) is 0 Å². The highest BCUT2D eigenvalue weighted by atomic mass is 19.1. The molecule has 19 heavy (non-hydrogen) atoms. The van der Waals surface area contributed by atoms with Gasteiger partial charge in [0.1, 0.15) is 11.9 Å². The SMILES string of the molecule is N#Cc1cccc(CN(CCO)C2CCCC2)c1F. The van der Waals surface area contributed by atoms with Gasteiger partial charge >= 0.3 is 0 Å². The van der Waals surface area contributed by atoms with Gasteiger partial charge in [-0.2, -0.15) is 5.26 Å². The summed E-state index contributed by atoms with van der Waals surface area (Å²) in [5.41, 5.74) is 0.632. The van der Waals surface area contributed by atoms with Gasteiger partial charge in [-0.15, -0.1) is 0 Å². The molecule has 1 aliphatic rings. The molecule has 0 heterocycles. The molecule has 1 fully saturated rings. The lowest BCUT2D eigenvalue weighted by Gasteiger charge is -2.28. The Hall–Kier alpha value is -1.44. The van der Waals surface area contributed by atoms with E-state index in [-0.39, 0.29) is 12.2 Å². The average Bonchev–Trinajstić information content (AvgIpc) is 2.94. The van der Waals surface area contributed by atoms with Crippen LogP contribution in [0.25, 0.3) is 0 Å². The Morgan fingerprint density at radius 1 is 1.37 bits per heavy atom. The Morgan fingerprint density at radius 2 is 2.11 bits per heavy atom. The van der Waals surface area contributed by atoms with E-state index in [1.165, 1.54) is 18.9 Å². The van der Waals surface area contributed by atoms with Gasteiger partial charge in [0.05, 0.1) is 12.2 Å². The fourth-order valence-electron chi connectivity index (χ4n) is 2.80. The van der Waals surface area contributed by atoms with Crippen molar-refractivity contribution in [3.63, 3.8) is 0 Å². The summed E-state index contributed by atoms with van der Waals surface area (Å²) in [5, 5.41) is 18.0. The molecule has 1 N–H and O–H groups in total. The van der Waals surface area contributed by atoms with E-state index in [4.69, 9.17) is 10.4 Å². The Balaban J connectivity index is 2.14. The molecule has 1 aromatic rings. The zero-order valence-corrected chi connectivity index (χ0v) is 11.0. The Kier molecular flexibility index (Phi) is 4.89. The van der Waals surface area contributed by atoms with E-state index in [1.54, 1.807) is 12.1 Å². The van der Waals surface area contributed by atoms with Gasteiger partial charge in [-0.1, -0.05) is 25.0 Å². The number of nitriles is 1. The molecule has 0 saturated heterocycles. The van der Waals surface area contributed by atoms with Crippen LogP contribution in [0.2, 0.25) is 0 Å². The van der Waals surface area contributed by atoms with Gasteiger partial charge in [0.2, 0.25) is 0 Å². The van der Waals surface area contributed by atoms with E-state index in [0.29, 0.717) is 24.7 Å². The standard InChI is InChI=1S/C15H19FN2O/c16-15-12(10-17)4-3-5-13(15)11-18(8-9-19)14-6-1-2-7-14/h3-5,14,19H,1-2,6-9,11H2. The third-order valence-corrected chi connectivity index (χ3v) is 3.80. The summed E-state index contributed by atoms with van der Waals surface area (Å²) in [6.45, 7) is 1.10. The number of hydrogen-bond acceptors (Lipinski definition) is 3. The van der Waals surface area contributed by atoms with E-state index < -0.39 is 5.82 Å². The van der Waals surface area contributed by atoms with Crippen LogP contribution < -0.4 is 0 Å². The lowest BCUT2D eigenvalue weighted by molar-refractivity contribution is 0.143. The summed E-state index contributed by atoms with van der Waals surface area (Å²) in [4.78, 5) is 2.13. The number of nitrogens with zero attached hydrogens (tertiary/aromatic N) is 2. The molecule has 0 bridgehead atoms. The minimum absolute atomic E-state index is 0.0794. The van der Waals surface area contributed by atoms with Crippen molar-refractivity contribution in [2.75, 3.05) is 13.2 Å². The molecule has 0 radical (unpaired) electrons. The largest absolute Gasteiger partial charge is 0.395 e. The molecular formula is C15H19FN2O. The number of benzene rings is 1. The first kappa shape index (κ1) is 14.0. The first-order valence-electron chi connectivity index (χ1n) is 6.78. The van der Waals surface area contributed by atoms with E-state index in [9.17, 15) is 4.39 Å². The number of halogens is 1. The molecule has 0 aliphatic heterocycles. The third-order valence-electron chi connectivity index (χ3n) is 3.80. The maximum absolute atomic E-state index is 14.0. The van der Waals surface area contributed by atoms with Gasteiger partial charge < -0.3 is 5.11 Å². The van der Waals surface area contributed by atoms with Crippen LogP contribution in [0.4, 0.5) is 4.39 Å². The van der Waals surface area contributed by atoms with E-state index in [0.717, 1.165) is 12.8 Å². The minimum atomic E-state index is -0.425. The minimum Gasteiger partial charge on any atom is -0.395 e. The summed E-state index contributed by atoms with van der Waals surface area (Å²) < 4.78 is 14.0. The zero-order valence-electron chi connectivity index (χ0n) is 11.0. The van der Waals surface area contributed by atoms with Crippen molar-refractivity contribution in [2.45, 2.75) is 38.3 Å². The highest BCUT2D eigenvalue weighted by molar-refractivity contribution is 5.34. The summed E-state index contributed by atoms with van der Waals surface area (Å²) in [6, 6.07) is 7.22. The Bertz CT molecular complexity index is 464. The van der Waals surface area contributed by atoms with Crippen LogP contribution >= 0.6 is 0 Å². The topological polar surface area (TPSA) is 47.3 Å². The second kappa shape index (κ2) is 6.65. The second-order valence-electron chi connectivity index (χ2n) is 5.02. The van der Waals surface area contributed by atoms with Crippen molar-refractivity contribution in [1.82, 2.24) is 4.90 Å². The van der Waals surface area contributed by atoms with Crippen LogP contribution in [-0.2, 0) is 6.54 Å². The molecule has 2 rings (SSSR count). The van der Waals surface area contributed by atoms with Gasteiger partial charge in [-0.3, -0.25) is 4.90 Å². The van der Waals surface area contributed by atoms with E-state index >= 15 is 0 Å². The Morgan fingerprint density at radius 3 is 2.74 bits per heavy atom. The van der Waals surface area contributed by atoms with Gasteiger partial charge in [-0.05, 0) is 18.9 Å². The fraction of sp³-hybridized carbons (Fsp3) is 0.533. The van der Waals surface area contributed by atoms with Crippen molar-refractivity contribution < 1.29 is 9.50 Å². The van der Waals surface area contributed by atoms with Crippen molar-refractivity contribution in [3.8, 4) is 6.07 Å². The van der Waals surface area contributed by atoms with Crippen LogP contribution in [0.15, 0.2) is 18.2 Å². The summed E-state index contributed by atoms with van der Waals surface area (Å²) in [6.07, 6.45) is 4.62. The number of rotatable bonds is 5. The molecule has 0 aromatic heterocycles. The quantitative estimate of drug-likeness (QED) is 0.886. The average molecular weight is 262 g/mol. The molecule has 0 atom stereocenters. The molecule has 3 nitrogen and oxygen atoms in total. The number of aliphatic hydroxyl groups is 1.